The highest BCUT2D eigenvalue weighted by Gasteiger charge is 2.47. The highest BCUT2D eigenvalue weighted by atomic mass is 15.2. The first-order chi connectivity index (χ1) is 56.2. The van der Waals surface area contributed by atoms with Crippen LogP contribution < -0.4 is 26.2 Å². The Balaban J connectivity index is 1.05. The topological polar surface area (TPSA) is 11.4 Å². The molecule has 0 aliphatic carbocycles. The van der Waals surface area contributed by atoms with Crippen LogP contribution in [-0.2, 0) is 48.7 Å². The van der Waals surface area contributed by atoms with E-state index in [1.54, 1.807) is 0 Å². The van der Waals surface area contributed by atoms with Crippen molar-refractivity contribution in [1.82, 2.24) is 4.57 Å². The maximum absolute atomic E-state index is 2.82. The van der Waals surface area contributed by atoms with E-state index in [9.17, 15) is 0 Å². The van der Waals surface area contributed by atoms with Gasteiger partial charge in [-0.25, -0.2) is 0 Å². The molecule has 0 N–H and O–H groups in total. The molecule has 120 heavy (non-hydrogen) atoms. The van der Waals surface area contributed by atoms with Gasteiger partial charge in [0, 0.05) is 61.5 Å². The molecule has 3 nitrogen and oxygen atoms in total. The van der Waals surface area contributed by atoms with Gasteiger partial charge in [-0.1, -0.05) is 369 Å². The van der Waals surface area contributed by atoms with E-state index < -0.39 is 0 Å². The normalized spacial score (nSPS) is 13.9. The second-order valence-corrected chi connectivity index (χ2v) is 44.8. The van der Waals surface area contributed by atoms with Gasteiger partial charge in [-0.2, -0.15) is 0 Å². The molecule has 2 aliphatic rings. The Morgan fingerprint density at radius 2 is 0.542 bits per heavy atom. The number of nitrogens with zero attached hydrogens (tertiary/aromatic N) is 3. The molecule has 0 bridgehead atoms. The van der Waals surface area contributed by atoms with Gasteiger partial charge in [-0.15, -0.1) is 0 Å². The SMILES string of the molecule is CC(C)(C)c1ccc(-c2cc(C(C)(C)C)cc(-c3ccc(C(C)(C)C)cc3)c2N2c3ccc(-c4cc(C(C)(C)C)cc(C(C)(C)C)c4)cc3B3c4ccc(-n5c6ccc7cccc8c9cccc%10ccc5c(c%109)c6c78)cc4N(c4c(-c5ccc(C(C)(C)C)cc5)cc(C(C)(C)C)cc4-c4ccc(C(C)(C)C)cc4)c4cc(C(C)(C)C)cc2c43)cc1. The lowest BCUT2D eigenvalue weighted by molar-refractivity contribution is 0.569. The highest BCUT2D eigenvalue weighted by molar-refractivity contribution is 7.00. The summed E-state index contributed by atoms with van der Waals surface area (Å²) in [4.78, 5) is 5.61. The molecule has 2 aliphatic heterocycles. The first-order valence-electron chi connectivity index (χ1n) is 44.1. The highest BCUT2D eigenvalue weighted by Crippen LogP contribution is 2.57. The third-order valence-electron chi connectivity index (χ3n) is 26.9. The third-order valence-corrected chi connectivity index (χ3v) is 26.9. The Morgan fingerprint density at radius 1 is 0.217 bits per heavy atom. The second-order valence-electron chi connectivity index (χ2n) is 44.8. The van der Waals surface area contributed by atoms with Gasteiger partial charge in [0.05, 0.1) is 22.4 Å². The predicted octanol–water partition coefficient (Wildman–Crippen LogP) is 31.2. The van der Waals surface area contributed by atoms with Crippen LogP contribution in [0.25, 0.3) is 115 Å². The molecule has 0 saturated heterocycles. The van der Waals surface area contributed by atoms with Gasteiger partial charge in [-0.05, 0) is 248 Å². The van der Waals surface area contributed by atoms with Crippen molar-refractivity contribution in [3.05, 3.63) is 299 Å². The molecule has 15 aromatic carbocycles. The van der Waals surface area contributed by atoms with E-state index in [0.29, 0.717) is 0 Å². The van der Waals surface area contributed by atoms with Crippen molar-refractivity contribution in [2.24, 2.45) is 0 Å². The zero-order valence-electron chi connectivity index (χ0n) is 76.6. The van der Waals surface area contributed by atoms with E-state index in [2.05, 4.69) is 450 Å². The number of hydrogen-bond acceptors (Lipinski definition) is 2. The molecular formula is C116H122BN3. The molecular weight excluding hydrogens is 1450 g/mol. The number of aromatic nitrogens is 1. The minimum atomic E-state index is -0.355. The largest absolute Gasteiger partial charge is 0.310 e. The van der Waals surface area contributed by atoms with Crippen LogP contribution in [0.5, 0.6) is 0 Å². The summed E-state index contributed by atoms with van der Waals surface area (Å²) in [6.45, 7) is 63.7. The summed E-state index contributed by atoms with van der Waals surface area (Å²) in [6, 6.07) is 101. The quantitative estimate of drug-likeness (QED) is 0.0853. The zero-order chi connectivity index (χ0) is 85.3. The van der Waals surface area contributed by atoms with Crippen LogP contribution in [0.3, 0.4) is 0 Å². The second kappa shape index (κ2) is 27.3. The predicted molar refractivity (Wildman–Crippen MR) is 525 cm³/mol. The third kappa shape index (κ3) is 13.5. The molecule has 16 aromatic rings. The van der Waals surface area contributed by atoms with E-state index in [-0.39, 0.29) is 55.4 Å². The fraction of sp³-hybridized carbons (Fsp3) is 0.310. The monoisotopic (exact) mass is 1570 g/mol. The Hall–Kier alpha value is -10.9. The average molecular weight is 1570 g/mol. The zero-order valence-corrected chi connectivity index (χ0v) is 76.6. The van der Waals surface area contributed by atoms with Crippen molar-refractivity contribution in [3.63, 3.8) is 0 Å². The van der Waals surface area contributed by atoms with Crippen LogP contribution in [0.2, 0.25) is 0 Å². The van der Waals surface area contributed by atoms with E-state index in [0.717, 1.165) is 22.7 Å². The van der Waals surface area contributed by atoms with Crippen LogP contribution in [0.4, 0.5) is 34.1 Å². The standard InChI is InChI=1S/C116H122BN3/c1-108(2,3)77-45-34-69(35-46-77)89-62-83(114(19,20)21)63-90(70-36-47-78(48-37-70)109(4,5)6)106(89)119-95-55-44-75(76-58-81(112(13,14)15)61-82(59-76)113(16,17)18)60-94(95)117-93-54-53-86(118-96-56-42-73-30-28-32-87-88-33-29-31-74-43-57-97(118)104(102(74)88)103(96)101(73)87)68-98(93)120(100-67-85(116(25,26)27)66-99(119)105(100)117)107-91(71-38-49-79(50-39-71)110(7,8)9)64-84(115(22,23)24)65-92(107)72-40-51-80(52-41-72)111(10,11)12/h28-68H,1-27H3. The molecule has 18 rings (SSSR count). The van der Waals surface area contributed by atoms with Gasteiger partial charge in [0.15, 0.2) is 0 Å². The Morgan fingerprint density at radius 3 is 0.892 bits per heavy atom. The minimum absolute atomic E-state index is 0.0595. The van der Waals surface area contributed by atoms with E-state index in [1.807, 2.05) is 0 Å². The van der Waals surface area contributed by atoms with Crippen molar-refractivity contribution in [3.8, 4) is 61.3 Å². The van der Waals surface area contributed by atoms with Gasteiger partial charge in [0.2, 0.25) is 0 Å². The van der Waals surface area contributed by atoms with Crippen molar-refractivity contribution < 1.29 is 0 Å². The molecule has 0 spiro atoms. The molecule has 604 valence electrons. The van der Waals surface area contributed by atoms with Crippen molar-refractivity contribution >= 4 is 111 Å². The van der Waals surface area contributed by atoms with E-state index >= 15 is 0 Å². The number of hydrogen-bond donors (Lipinski definition) is 0. The summed E-state index contributed by atoms with van der Waals surface area (Å²) in [7, 11) is 0. The van der Waals surface area contributed by atoms with Gasteiger partial charge in [0.25, 0.3) is 6.71 Å². The number of anilines is 6. The maximum atomic E-state index is 2.82. The Labute approximate surface area is 716 Å². The van der Waals surface area contributed by atoms with E-state index in [4.69, 9.17) is 0 Å². The van der Waals surface area contributed by atoms with Crippen molar-refractivity contribution in [2.75, 3.05) is 9.80 Å². The molecule has 0 amide bonds. The van der Waals surface area contributed by atoms with Gasteiger partial charge < -0.3 is 14.4 Å². The number of fused-ring (bicyclic) bond motifs is 5. The lowest BCUT2D eigenvalue weighted by Crippen LogP contribution is -2.61. The number of rotatable bonds is 8. The molecule has 3 heterocycles. The van der Waals surface area contributed by atoms with Crippen LogP contribution in [-0.4, -0.2) is 11.3 Å². The van der Waals surface area contributed by atoms with Crippen LogP contribution in [0.15, 0.2) is 249 Å². The minimum Gasteiger partial charge on any atom is -0.310 e. The summed E-state index contributed by atoms with van der Waals surface area (Å²) in [5.74, 6) is 0. The summed E-state index contributed by atoms with van der Waals surface area (Å²) >= 11 is 0. The number of benzene rings is 15. The lowest BCUT2D eigenvalue weighted by atomic mass is 9.33. The lowest BCUT2D eigenvalue weighted by Gasteiger charge is -2.47. The fourth-order valence-electron chi connectivity index (χ4n) is 19.4. The molecule has 0 fully saturated rings. The first-order valence-corrected chi connectivity index (χ1v) is 44.1. The Kier molecular flexibility index (Phi) is 18.2. The average Bonchev–Trinajstić information content (AvgIpc) is 1.11. The van der Waals surface area contributed by atoms with Crippen LogP contribution in [0.1, 0.15) is 237 Å². The summed E-state index contributed by atoms with van der Waals surface area (Å²) < 4.78 is 2.63. The maximum Gasteiger partial charge on any atom is 0.252 e. The van der Waals surface area contributed by atoms with Gasteiger partial charge in [-0.3, -0.25) is 0 Å². The molecule has 0 saturated carbocycles. The fourth-order valence-corrected chi connectivity index (χ4v) is 19.4. The Bertz CT molecular complexity index is 6480. The van der Waals surface area contributed by atoms with Gasteiger partial charge in [0.1, 0.15) is 0 Å². The summed E-state index contributed by atoms with van der Waals surface area (Å²) in [5.41, 5.74) is 36.6. The molecule has 0 unspecified atom stereocenters. The van der Waals surface area contributed by atoms with Gasteiger partial charge >= 0.3 is 0 Å². The van der Waals surface area contributed by atoms with Crippen LogP contribution in [0, 0.1) is 0 Å². The molecule has 0 atom stereocenters. The molecule has 4 heteroatoms. The van der Waals surface area contributed by atoms with Crippen molar-refractivity contribution in [1.29, 1.82) is 0 Å². The molecule has 0 radical (unpaired) electrons. The molecule has 1 aromatic heterocycles. The van der Waals surface area contributed by atoms with E-state index in [1.165, 1.54) is 193 Å². The van der Waals surface area contributed by atoms with Crippen LogP contribution >= 0.6 is 0 Å². The summed E-state index contributed by atoms with van der Waals surface area (Å²) in [5, 5.41) is 10.4. The summed E-state index contributed by atoms with van der Waals surface area (Å²) in [6.07, 6.45) is 0. The smallest absolute Gasteiger partial charge is 0.252 e. The first kappa shape index (κ1) is 80.1. The van der Waals surface area contributed by atoms with Crippen molar-refractivity contribution in [2.45, 2.75) is 236 Å².